The van der Waals surface area contributed by atoms with Crippen molar-refractivity contribution in [3.05, 3.63) is 40.4 Å². The standard InChI is InChI=1S/C17H25N3O3/c1-16(2,3)13(21)14-18-12-10-8-7-9-11(12)15(22)20(14)19-23-17(4,5)6/h7-10,13,19,21H,1-6H3/t13-/m1/s1. The second-order valence-electron chi connectivity index (χ2n) is 7.70. The Morgan fingerprint density at radius 1 is 1.17 bits per heavy atom. The maximum Gasteiger partial charge on any atom is 0.281 e. The number of aliphatic hydroxyl groups is 1. The minimum absolute atomic E-state index is 0.227. The van der Waals surface area contributed by atoms with Gasteiger partial charge in [0.15, 0.2) is 5.82 Å². The summed E-state index contributed by atoms with van der Waals surface area (Å²) in [6.07, 6.45) is -0.934. The molecule has 0 saturated carbocycles. The van der Waals surface area contributed by atoms with E-state index in [9.17, 15) is 9.90 Å². The molecule has 2 aromatic rings. The molecular formula is C17H25N3O3. The van der Waals surface area contributed by atoms with Gasteiger partial charge in [-0.15, -0.1) is 0 Å². The third-order valence-electron chi connectivity index (χ3n) is 3.31. The molecule has 0 aliphatic rings. The first-order valence-electron chi connectivity index (χ1n) is 7.64. The molecule has 1 heterocycles. The van der Waals surface area contributed by atoms with Gasteiger partial charge in [-0.05, 0) is 38.3 Å². The van der Waals surface area contributed by atoms with Crippen molar-refractivity contribution < 1.29 is 9.94 Å². The van der Waals surface area contributed by atoms with Crippen molar-refractivity contribution in [2.24, 2.45) is 5.41 Å². The SMILES string of the molecule is CC(C)(C)ONn1c([C@@H](O)C(C)(C)C)nc2ccccc2c1=O. The van der Waals surface area contributed by atoms with E-state index in [2.05, 4.69) is 10.6 Å². The molecule has 0 unspecified atom stereocenters. The summed E-state index contributed by atoms with van der Waals surface area (Å²) in [7, 11) is 0. The van der Waals surface area contributed by atoms with E-state index in [1.165, 1.54) is 4.68 Å². The quantitative estimate of drug-likeness (QED) is 0.851. The molecule has 126 valence electrons. The number of hydrogen-bond acceptors (Lipinski definition) is 5. The van der Waals surface area contributed by atoms with Crippen LogP contribution in [-0.4, -0.2) is 20.4 Å². The van der Waals surface area contributed by atoms with Gasteiger partial charge in [0.1, 0.15) is 6.10 Å². The molecule has 2 N–H and O–H groups in total. The van der Waals surface area contributed by atoms with Crippen LogP contribution in [0, 0.1) is 5.41 Å². The average molecular weight is 319 g/mol. The smallest absolute Gasteiger partial charge is 0.281 e. The highest BCUT2D eigenvalue weighted by Crippen LogP contribution is 2.31. The van der Waals surface area contributed by atoms with Gasteiger partial charge < -0.3 is 5.11 Å². The summed E-state index contributed by atoms with van der Waals surface area (Å²) in [6, 6.07) is 7.05. The number of nitrogens with zero attached hydrogens (tertiary/aromatic N) is 2. The Hall–Kier alpha value is -1.92. The van der Waals surface area contributed by atoms with Gasteiger partial charge in [0, 0.05) is 0 Å². The zero-order chi connectivity index (χ0) is 17.4. The molecule has 1 aromatic carbocycles. The van der Waals surface area contributed by atoms with Gasteiger partial charge in [-0.2, -0.15) is 10.3 Å². The van der Waals surface area contributed by atoms with E-state index in [4.69, 9.17) is 4.84 Å². The Kier molecular flexibility index (Phi) is 4.50. The molecule has 1 aromatic heterocycles. The van der Waals surface area contributed by atoms with Crippen LogP contribution in [0.1, 0.15) is 53.5 Å². The van der Waals surface area contributed by atoms with Crippen LogP contribution in [0.3, 0.4) is 0 Å². The van der Waals surface area contributed by atoms with Crippen LogP contribution in [0.5, 0.6) is 0 Å². The number of hydrogen-bond donors (Lipinski definition) is 2. The van der Waals surface area contributed by atoms with Crippen molar-refractivity contribution in [3.63, 3.8) is 0 Å². The number of fused-ring (bicyclic) bond motifs is 1. The van der Waals surface area contributed by atoms with Gasteiger partial charge in [0.05, 0.1) is 16.5 Å². The van der Waals surface area contributed by atoms with Crippen molar-refractivity contribution >= 4 is 10.9 Å². The molecule has 0 spiro atoms. The maximum absolute atomic E-state index is 12.8. The lowest BCUT2D eigenvalue weighted by atomic mass is 9.88. The molecule has 6 heteroatoms. The molecule has 1 atom stereocenters. The summed E-state index contributed by atoms with van der Waals surface area (Å²) in [5.74, 6) is 0.227. The molecule has 2 rings (SSSR count). The van der Waals surface area contributed by atoms with Crippen LogP contribution in [0.25, 0.3) is 10.9 Å². The summed E-state index contributed by atoms with van der Waals surface area (Å²) < 4.78 is 1.18. The van der Waals surface area contributed by atoms with E-state index >= 15 is 0 Å². The lowest BCUT2D eigenvalue weighted by molar-refractivity contribution is 0.00213. The Morgan fingerprint density at radius 2 is 1.78 bits per heavy atom. The Morgan fingerprint density at radius 3 is 2.35 bits per heavy atom. The molecule has 23 heavy (non-hydrogen) atoms. The zero-order valence-corrected chi connectivity index (χ0v) is 14.5. The third-order valence-corrected chi connectivity index (χ3v) is 3.31. The number of aromatic nitrogens is 2. The lowest BCUT2D eigenvalue weighted by Crippen LogP contribution is -2.39. The summed E-state index contributed by atoms with van der Waals surface area (Å²) in [6.45, 7) is 11.2. The predicted molar refractivity (Wildman–Crippen MR) is 90.6 cm³/mol. The fraction of sp³-hybridized carbons (Fsp3) is 0.529. The fourth-order valence-electron chi connectivity index (χ4n) is 1.99. The Bertz CT molecular complexity index is 754. The number of para-hydroxylation sites is 1. The van der Waals surface area contributed by atoms with E-state index in [0.717, 1.165) is 0 Å². The summed E-state index contributed by atoms with van der Waals surface area (Å²) >= 11 is 0. The zero-order valence-electron chi connectivity index (χ0n) is 14.5. The van der Waals surface area contributed by atoms with Gasteiger partial charge in [0.2, 0.25) is 0 Å². The first kappa shape index (κ1) is 17.4. The Labute approximate surface area is 136 Å². The van der Waals surface area contributed by atoms with E-state index in [1.807, 2.05) is 47.6 Å². The van der Waals surface area contributed by atoms with Crippen LogP contribution in [0.4, 0.5) is 0 Å². The van der Waals surface area contributed by atoms with Crippen molar-refractivity contribution in [2.45, 2.75) is 53.2 Å². The van der Waals surface area contributed by atoms with Crippen molar-refractivity contribution in [2.75, 3.05) is 5.59 Å². The number of benzene rings is 1. The van der Waals surface area contributed by atoms with Gasteiger partial charge in [-0.3, -0.25) is 9.63 Å². The average Bonchev–Trinajstić information content (AvgIpc) is 2.43. The molecule has 0 amide bonds. The lowest BCUT2D eigenvalue weighted by Gasteiger charge is -2.29. The first-order chi connectivity index (χ1) is 10.5. The fourth-order valence-corrected chi connectivity index (χ4v) is 1.99. The summed E-state index contributed by atoms with van der Waals surface area (Å²) in [5.41, 5.74) is 1.90. The van der Waals surface area contributed by atoms with Crippen molar-refractivity contribution in [3.8, 4) is 0 Å². The van der Waals surface area contributed by atoms with Crippen LogP contribution in [0.2, 0.25) is 0 Å². The van der Waals surface area contributed by atoms with E-state index in [-0.39, 0.29) is 11.4 Å². The highest BCUT2D eigenvalue weighted by atomic mass is 16.7. The predicted octanol–water partition coefficient (Wildman–Crippen LogP) is 2.75. The number of nitrogens with one attached hydrogen (secondary N) is 1. The minimum Gasteiger partial charge on any atom is -0.385 e. The monoisotopic (exact) mass is 319 g/mol. The van der Waals surface area contributed by atoms with E-state index in [0.29, 0.717) is 10.9 Å². The molecule has 6 nitrogen and oxygen atoms in total. The van der Waals surface area contributed by atoms with Gasteiger partial charge >= 0.3 is 0 Å². The minimum atomic E-state index is -0.934. The number of aliphatic hydroxyl groups excluding tert-OH is 1. The normalized spacial score (nSPS) is 14.0. The second-order valence-corrected chi connectivity index (χ2v) is 7.70. The topological polar surface area (TPSA) is 76.4 Å². The van der Waals surface area contributed by atoms with Gasteiger partial charge in [-0.25, -0.2) is 4.98 Å². The molecule has 0 radical (unpaired) electrons. The molecular weight excluding hydrogens is 294 g/mol. The van der Waals surface area contributed by atoms with Crippen LogP contribution in [-0.2, 0) is 4.84 Å². The number of rotatable bonds is 3. The van der Waals surface area contributed by atoms with Gasteiger partial charge in [0.25, 0.3) is 5.56 Å². The highest BCUT2D eigenvalue weighted by molar-refractivity contribution is 5.77. The Balaban J connectivity index is 2.64. The molecule has 0 saturated heterocycles. The van der Waals surface area contributed by atoms with Gasteiger partial charge in [-0.1, -0.05) is 32.9 Å². The third kappa shape index (κ3) is 3.89. The van der Waals surface area contributed by atoms with Crippen molar-refractivity contribution in [1.82, 2.24) is 9.66 Å². The van der Waals surface area contributed by atoms with Crippen LogP contribution >= 0.6 is 0 Å². The van der Waals surface area contributed by atoms with Crippen LogP contribution < -0.4 is 11.1 Å². The molecule has 0 bridgehead atoms. The van der Waals surface area contributed by atoms with Crippen LogP contribution in [0.15, 0.2) is 29.1 Å². The molecule has 0 fully saturated rings. The largest absolute Gasteiger partial charge is 0.385 e. The first-order valence-corrected chi connectivity index (χ1v) is 7.64. The second kappa shape index (κ2) is 5.94. The van der Waals surface area contributed by atoms with Crippen molar-refractivity contribution in [1.29, 1.82) is 0 Å². The summed E-state index contributed by atoms with van der Waals surface area (Å²) in [4.78, 5) is 22.8. The highest BCUT2D eigenvalue weighted by Gasteiger charge is 2.29. The molecule has 0 aliphatic carbocycles. The van der Waals surface area contributed by atoms with E-state index in [1.54, 1.807) is 18.2 Å². The molecule has 0 aliphatic heterocycles. The summed E-state index contributed by atoms with van der Waals surface area (Å²) in [5, 5.41) is 11.1. The maximum atomic E-state index is 12.8. The van der Waals surface area contributed by atoms with E-state index < -0.39 is 17.1 Å².